The SMILES string of the molecule is CC/C(=C\COCCCNC(=N)N)COC/C(=C\COCCCNC(=N)N)CO. The molecule has 0 bridgehead atoms. The Labute approximate surface area is 173 Å². The topological polar surface area (TPSA) is 172 Å². The summed E-state index contributed by atoms with van der Waals surface area (Å²) in [5.74, 6) is -0.0706. The lowest BCUT2D eigenvalue weighted by Crippen LogP contribution is -2.31. The predicted octanol–water partition coefficient (Wildman–Crippen LogP) is 0.0376. The molecule has 0 amide bonds. The van der Waals surface area contributed by atoms with Crippen molar-refractivity contribution in [1.29, 1.82) is 10.8 Å². The summed E-state index contributed by atoms with van der Waals surface area (Å²) in [5, 5.41) is 28.9. The van der Waals surface area contributed by atoms with E-state index in [1.54, 1.807) is 0 Å². The van der Waals surface area contributed by atoms with E-state index in [2.05, 4.69) is 17.6 Å². The Bertz CT molecular complexity index is 467. The Balaban J connectivity index is 3.89. The molecule has 9 N–H and O–H groups in total. The predicted molar refractivity (Wildman–Crippen MR) is 115 cm³/mol. The summed E-state index contributed by atoms with van der Waals surface area (Å²) in [6.45, 7) is 6.10. The second-order valence-corrected chi connectivity index (χ2v) is 6.27. The number of rotatable bonds is 18. The van der Waals surface area contributed by atoms with E-state index >= 15 is 0 Å². The standard InChI is InChI=1S/C19H38N6O4/c1-2-16(5-11-27-9-3-7-24-18(20)21)14-29-15-17(13-26)6-12-28-10-4-8-25-19(22)23/h5-6,26H,2-4,7-15H2,1H3,(H4,20,21,24)(H4,22,23,25)/b16-5+,17-6-. The van der Waals surface area contributed by atoms with Crippen LogP contribution in [-0.4, -0.2) is 76.4 Å². The van der Waals surface area contributed by atoms with Crippen molar-refractivity contribution in [1.82, 2.24) is 10.6 Å². The van der Waals surface area contributed by atoms with Crippen LogP contribution < -0.4 is 22.1 Å². The monoisotopic (exact) mass is 414 g/mol. The lowest BCUT2D eigenvalue weighted by atomic mass is 10.2. The quantitative estimate of drug-likeness (QED) is 0.0712. The fourth-order valence-corrected chi connectivity index (χ4v) is 2.10. The molecule has 0 heterocycles. The molecule has 0 rings (SSSR count). The first-order valence-electron chi connectivity index (χ1n) is 9.85. The summed E-state index contributed by atoms with van der Waals surface area (Å²) in [6.07, 6.45) is 6.24. The Morgan fingerprint density at radius 1 is 0.862 bits per heavy atom. The largest absolute Gasteiger partial charge is 0.392 e. The maximum Gasteiger partial charge on any atom is 0.185 e. The molecule has 0 aliphatic heterocycles. The van der Waals surface area contributed by atoms with Gasteiger partial charge in [0.2, 0.25) is 0 Å². The van der Waals surface area contributed by atoms with E-state index in [1.165, 1.54) is 0 Å². The Hall–Kier alpha value is -2.14. The van der Waals surface area contributed by atoms with Crippen LogP contribution in [0.4, 0.5) is 0 Å². The highest BCUT2D eigenvalue weighted by molar-refractivity contribution is 5.74. The number of aliphatic hydroxyl groups excluding tert-OH is 1. The van der Waals surface area contributed by atoms with Crippen molar-refractivity contribution in [3.8, 4) is 0 Å². The van der Waals surface area contributed by atoms with Gasteiger partial charge in [-0.25, -0.2) is 0 Å². The molecular weight excluding hydrogens is 376 g/mol. The van der Waals surface area contributed by atoms with E-state index in [0.29, 0.717) is 52.7 Å². The number of ether oxygens (including phenoxy) is 3. The van der Waals surface area contributed by atoms with Crippen LogP contribution in [0.25, 0.3) is 0 Å². The third-order valence-corrected chi connectivity index (χ3v) is 3.77. The molecule has 0 unspecified atom stereocenters. The van der Waals surface area contributed by atoms with Crippen molar-refractivity contribution in [2.45, 2.75) is 26.2 Å². The van der Waals surface area contributed by atoms with Crippen molar-refractivity contribution in [2.24, 2.45) is 11.5 Å². The van der Waals surface area contributed by atoms with Gasteiger partial charge >= 0.3 is 0 Å². The maximum atomic E-state index is 9.42. The molecule has 0 spiro atoms. The van der Waals surface area contributed by atoms with Gasteiger partial charge in [0.25, 0.3) is 0 Å². The molecule has 0 saturated carbocycles. The van der Waals surface area contributed by atoms with E-state index < -0.39 is 0 Å². The summed E-state index contributed by atoms with van der Waals surface area (Å²) >= 11 is 0. The van der Waals surface area contributed by atoms with Gasteiger partial charge in [-0.05, 0) is 30.4 Å². The smallest absolute Gasteiger partial charge is 0.185 e. The Morgan fingerprint density at radius 2 is 1.34 bits per heavy atom. The Morgan fingerprint density at radius 3 is 1.79 bits per heavy atom. The molecular formula is C19H38N6O4. The summed E-state index contributed by atoms with van der Waals surface area (Å²) < 4.78 is 16.7. The first-order valence-corrected chi connectivity index (χ1v) is 9.85. The Kier molecular flexibility index (Phi) is 17.8. The molecule has 0 fully saturated rings. The molecule has 0 radical (unpaired) electrons. The third-order valence-electron chi connectivity index (χ3n) is 3.77. The minimum absolute atomic E-state index is 0.0276. The van der Waals surface area contributed by atoms with Crippen molar-refractivity contribution in [3.05, 3.63) is 23.3 Å². The highest BCUT2D eigenvalue weighted by atomic mass is 16.5. The van der Waals surface area contributed by atoms with Gasteiger partial charge in [0.05, 0.1) is 33.0 Å². The lowest BCUT2D eigenvalue weighted by Gasteiger charge is -2.10. The van der Waals surface area contributed by atoms with E-state index in [9.17, 15) is 5.11 Å². The zero-order chi connectivity index (χ0) is 21.7. The molecule has 0 aliphatic rings. The first-order chi connectivity index (χ1) is 14.0. The van der Waals surface area contributed by atoms with Crippen LogP contribution in [0.5, 0.6) is 0 Å². The minimum Gasteiger partial charge on any atom is -0.392 e. The maximum absolute atomic E-state index is 9.42. The second kappa shape index (κ2) is 19.2. The van der Waals surface area contributed by atoms with Crippen LogP contribution in [0, 0.1) is 10.8 Å². The fraction of sp³-hybridized carbons (Fsp3) is 0.684. The van der Waals surface area contributed by atoms with Gasteiger partial charge in [-0.15, -0.1) is 0 Å². The molecule has 0 atom stereocenters. The van der Waals surface area contributed by atoms with Gasteiger partial charge in [-0.3, -0.25) is 10.8 Å². The molecule has 0 aromatic carbocycles. The van der Waals surface area contributed by atoms with E-state index in [4.69, 9.17) is 36.5 Å². The van der Waals surface area contributed by atoms with Crippen LogP contribution in [0.1, 0.15) is 26.2 Å². The van der Waals surface area contributed by atoms with Crippen molar-refractivity contribution in [3.63, 3.8) is 0 Å². The van der Waals surface area contributed by atoms with Gasteiger partial charge in [0, 0.05) is 26.3 Å². The third kappa shape index (κ3) is 19.0. The average molecular weight is 415 g/mol. The normalized spacial score (nSPS) is 12.1. The molecule has 0 saturated heterocycles. The highest BCUT2D eigenvalue weighted by Gasteiger charge is 2.00. The van der Waals surface area contributed by atoms with Crippen molar-refractivity contribution >= 4 is 11.9 Å². The summed E-state index contributed by atoms with van der Waals surface area (Å²) in [7, 11) is 0. The number of hydrogen-bond donors (Lipinski definition) is 7. The van der Waals surface area contributed by atoms with E-state index in [0.717, 1.165) is 30.4 Å². The van der Waals surface area contributed by atoms with Crippen LogP contribution in [-0.2, 0) is 14.2 Å². The second-order valence-electron chi connectivity index (χ2n) is 6.27. The molecule has 168 valence electrons. The summed E-state index contributed by atoms with van der Waals surface area (Å²) in [4.78, 5) is 0. The number of nitrogens with one attached hydrogen (secondary N) is 4. The molecule has 10 nitrogen and oxygen atoms in total. The van der Waals surface area contributed by atoms with Gasteiger partial charge in [-0.2, -0.15) is 0 Å². The lowest BCUT2D eigenvalue weighted by molar-refractivity contribution is 0.147. The zero-order valence-electron chi connectivity index (χ0n) is 17.5. The summed E-state index contributed by atoms with van der Waals surface area (Å²) in [5.41, 5.74) is 12.3. The van der Waals surface area contributed by atoms with Crippen LogP contribution in [0.3, 0.4) is 0 Å². The summed E-state index contributed by atoms with van der Waals surface area (Å²) in [6, 6.07) is 0. The van der Waals surface area contributed by atoms with Crippen LogP contribution >= 0.6 is 0 Å². The average Bonchev–Trinajstić information content (AvgIpc) is 2.68. The molecule has 0 aliphatic carbocycles. The van der Waals surface area contributed by atoms with E-state index in [-0.39, 0.29) is 18.5 Å². The number of nitrogens with two attached hydrogens (primary N) is 2. The van der Waals surface area contributed by atoms with Gasteiger partial charge in [-0.1, -0.05) is 19.1 Å². The van der Waals surface area contributed by atoms with Gasteiger partial charge < -0.3 is 41.4 Å². The first kappa shape index (κ1) is 26.9. The number of hydrogen-bond acceptors (Lipinski definition) is 6. The van der Waals surface area contributed by atoms with Gasteiger partial charge in [0.15, 0.2) is 11.9 Å². The van der Waals surface area contributed by atoms with Gasteiger partial charge in [0.1, 0.15) is 0 Å². The van der Waals surface area contributed by atoms with Crippen molar-refractivity contribution in [2.75, 3.05) is 59.3 Å². The van der Waals surface area contributed by atoms with E-state index in [1.807, 2.05) is 12.2 Å². The van der Waals surface area contributed by atoms with Crippen LogP contribution in [0.2, 0.25) is 0 Å². The molecule has 0 aromatic rings. The minimum atomic E-state index is -0.0716. The van der Waals surface area contributed by atoms with Crippen LogP contribution in [0.15, 0.2) is 23.3 Å². The molecule has 0 aromatic heterocycles. The number of aliphatic hydroxyl groups is 1. The van der Waals surface area contributed by atoms with Crippen molar-refractivity contribution < 1.29 is 19.3 Å². The molecule has 29 heavy (non-hydrogen) atoms. The zero-order valence-corrected chi connectivity index (χ0v) is 17.5. The molecule has 10 heteroatoms. The fourth-order valence-electron chi connectivity index (χ4n) is 2.10. The highest BCUT2D eigenvalue weighted by Crippen LogP contribution is 2.04. The number of guanidine groups is 2.